The van der Waals surface area contributed by atoms with Gasteiger partial charge in [0, 0.05) is 11.6 Å². The van der Waals surface area contributed by atoms with E-state index in [1.807, 2.05) is 19.9 Å². The molecule has 5 nitrogen and oxygen atoms in total. The lowest BCUT2D eigenvalue weighted by molar-refractivity contribution is 0.0365. The first-order valence-corrected chi connectivity index (χ1v) is 8.55. The third-order valence-corrected chi connectivity index (χ3v) is 3.30. The van der Waals surface area contributed by atoms with Crippen molar-refractivity contribution < 1.29 is 14.4 Å². The highest BCUT2D eigenvalue weighted by molar-refractivity contribution is 5.99. The van der Waals surface area contributed by atoms with Crippen LogP contribution in [0, 0.1) is 5.41 Å². The van der Waals surface area contributed by atoms with Crippen LogP contribution in [0.15, 0.2) is 18.2 Å². The number of ether oxygens (including phenoxy) is 1. The molecule has 0 bridgehead atoms. The van der Waals surface area contributed by atoms with Crippen molar-refractivity contribution in [2.75, 3.05) is 18.5 Å². The van der Waals surface area contributed by atoms with Crippen molar-refractivity contribution in [3.63, 3.8) is 0 Å². The number of hydroxylamine groups is 1. The smallest absolute Gasteiger partial charge is 0.276 e. The molecule has 0 heterocycles. The maximum atomic E-state index is 12.3. The van der Waals surface area contributed by atoms with Gasteiger partial charge in [0.1, 0.15) is 5.75 Å². The van der Waals surface area contributed by atoms with Gasteiger partial charge in [-0.3, -0.25) is 9.63 Å². The quantitative estimate of drug-likeness (QED) is 0.691. The Morgan fingerprint density at radius 3 is 2.29 bits per heavy atom. The van der Waals surface area contributed by atoms with Gasteiger partial charge in [0.2, 0.25) is 0 Å². The molecule has 0 saturated heterocycles. The first-order valence-electron chi connectivity index (χ1n) is 8.55. The molecule has 0 saturated carbocycles. The molecule has 0 aromatic heterocycles. The number of carbonyl (C=O) groups excluding carboxylic acids is 1. The van der Waals surface area contributed by atoms with E-state index in [-0.39, 0.29) is 16.9 Å². The fraction of sp³-hybridized carbons (Fsp3) is 0.632. The second kappa shape index (κ2) is 8.38. The average Bonchev–Trinajstić information content (AvgIpc) is 2.42. The minimum Gasteiger partial charge on any atom is -0.494 e. The van der Waals surface area contributed by atoms with Gasteiger partial charge in [-0.05, 0) is 51.7 Å². The van der Waals surface area contributed by atoms with E-state index in [2.05, 4.69) is 45.4 Å². The van der Waals surface area contributed by atoms with E-state index in [4.69, 9.17) is 9.57 Å². The van der Waals surface area contributed by atoms with Crippen LogP contribution in [0.3, 0.4) is 0 Å². The first kappa shape index (κ1) is 20.3. The molecule has 0 aliphatic carbocycles. The Balaban J connectivity index is 3.11. The van der Waals surface area contributed by atoms with Crippen LogP contribution in [0.2, 0.25) is 0 Å². The number of hydrogen-bond donors (Lipinski definition) is 2. The second-order valence-corrected chi connectivity index (χ2v) is 7.75. The number of carbonyl (C=O) groups is 1. The predicted octanol–water partition coefficient (Wildman–Crippen LogP) is 4.39. The molecule has 24 heavy (non-hydrogen) atoms. The van der Waals surface area contributed by atoms with Crippen LogP contribution in [0.25, 0.3) is 0 Å². The van der Waals surface area contributed by atoms with Gasteiger partial charge in [-0.25, -0.2) is 5.48 Å². The van der Waals surface area contributed by atoms with Gasteiger partial charge >= 0.3 is 0 Å². The van der Waals surface area contributed by atoms with Crippen LogP contribution in [-0.4, -0.2) is 24.7 Å². The van der Waals surface area contributed by atoms with Gasteiger partial charge in [0.25, 0.3) is 5.91 Å². The molecule has 0 spiro atoms. The van der Waals surface area contributed by atoms with Crippen LogP contribution >= 0.6 is 0 Å². The number of nitrogens with one attached hydrogen (secondary N) is 2. The highest BCUT2D eigenvalue weighted by Crippen LogP contribution is 2.32. The SMILES string of the molecule is CCONC(=O)c1ccc(OCC)cc1NC(C)(C)CC(C)(C)C. The minimum atomic E-state index is -0.269. The van der Waals surface area contributed by atoms with Crippen molar-refractivity contribution in [3.05, 3.63) is 23.8 Å². The van der Waals surface area contributed by atoms with E-state index in [1.54, 1.807) is 12.1 Å². The van der Waals surface area contributed by atoms with Gasteiger partial charge in [0.05, 0.1) is 24.5 Å². The van der Waals surface area contributed by atoms with E-state index in [9.17, 15) is 4.79 Å². The molecule has 1 aromatic rings. The van der Waals surface area contributed by atoms with Crippen molar-refractivity contribution in [1.82, 2.24) is 5.48 Å². The first-order chi connectivity index (χ1) is 11.1. The summed E-state index contributed by atoms with van der Waals surface area (Å²) in [5.41, 5.74) is 3.73. The standard InChI is InChI=1S/C19H32N2O3/c1-8-23-14-10-11-15(17(22)21-24-9-2)16(12-14)20-19(6,7)13-18(3,4)5/h10-12,20H,8-9,13H2,1-7H3,(H,21,22). The molecule has 5 heteroatoms. The Labute approximate surface area is 146 Å². The maximum absolute atomic E-state index is 12.3. The van der Waals surface area contributed by atoms with Gasteiger partial charge in [-0.1, -0.05) is 20.8 Å². The number of benzene rings is 1. The monoisotopic (exact) mass is 336 g/mol. The van der Waals surface area contributed by atoms with E-state index >= 15 is 0 Å². The Kier molecular flexibility index (Phi) is 7.08. The summed E-state index contributed by atoms with van der Waals surface area (Å²) in [7, 11) is 0. The lowest BCUT2D eigenvalue weighted by atomic mass is 9.81. The van der Waals surface area contributed by atoms with Crippen molar-refractivity contribution in [3.8, 4) is 5.75 Å². The molecule has 0 unspecified atom stereocenters. The summed E-state index contributed by atoms with van der Waals surface area (Å²) in [5, 5.41) is 3.50. The van der Waals surface area contributed by atoms with Crippen molar-refractivity contribution >= 4 is 11.6 Å². The Hall–Kier alpha value is -1.75. The summed E-state index contributed by atoms with van der Waals surface area (Å²) < 4.78 is 5.57. The van der Waals surface area contributed by atoms with Crippen LogP contribution in [0.4, 0.5) is 5.69 Å². The zero-order valence-electron chi connectivity index (χ0n) is 16.1. The Morgan fingerprint density at radius 1 is 1.08 bits per heavy atom. The molecule has 0 radical (unpaired) electrons. The fourth-order valence-electron chi connectivity index (χ4n) is 3.01. The topological polar surface area (TPSA) is 59.6 Å². The minimum absolute atomic E-state index is 0.168. The molecular weight excluding hydrogens is 304 g/mol. The molecule has 0 aliphatic rings. The second-order valence-electron chi connectivity index (χ2n) is 7.75. The predicted molar refractivity (Wildman–Crippen MR) is 98.5 cm³/mol. The molecule has 1 aromatic carbocycles. The van der Waals surface area contributed by atoms with Gasteiger partial charge in [0.15, 0.2) is 0 Å². The highest BCUT2D eigenvalue weighted by Gasteiger charge is 2.27. The largest absolute Gasteiger partial charge is 0.494 e. The number of hydrogen-bond acceptors (Lipinski definition) is 4. The zero-order chi connectivity index (χ0) is 18.4. The van der Waals surface area contributed by atoms with E-state index in [0.29, 0.717) is 18.8 Å². The summed E-state index contributed by atoms with van der Waals surface area (Å²) >= 11 is 0. The summed E-state index contributed by atoms with van der Waals surface area (Å²) in [6, 6.07) is 5.43. The number of rotatable bonds is 8. The van der Waals surface area contributed by atoms with Crippen LogP contribution < -0.4 is 15.5 Å². The van der Waals surface area contributed by atoms with Crippen LogP contribution in [0.5, 0.6) is 5.75 Å². The molecule has 0 atom stereocenters. The third-order valence-electron chi connectivity index (χ3n) is 3.30. The van der Waals surface area contributed by atoms with Gasteiger partial charge in [-0.15, -0.1) is 0 Å². The van der Waals surface area contributed by atoms with E-state index in [1.165, 1.54) is 0 Å². The van der Waals surface area contributed by atoms with Gasteiger partial charge in [-0.2, -0.15) is 0 Å². The molecule has 136 valence electrons. The molecule has 1 rings (SSSR count). The molecule has 2 N–H and O–H groups in total. The molecule has 0 aliphatic heterocycles. The lowest BCUT2D eigenvalue weighted by Gasteiger charge is -2.35. The van der Waals surface area contributed by atoms with Crippen molar-refractivity contribution in [2.45, 2.75) is 60.4 Å². The number of amides is 1. The normalized spacial score (nSPS) is 12.0. The van der Waals surface area contributed by atoms with Crippen molar-refractivity contribution in [2.24, 2.45) is 5.41 Å². The van der Waals surface area contributed by atoms with Crippen molar-refractivity contribution in [1.29, 1.82) is 0 Å². The zero-order valence-corrected chi connectivity index (χ0v) is 16.1. The molecular formula is C19H32N2O3. The average molecular weight is 336 g/mol. The fourth-order valence-corrected chi connectivity index (χ4v) is 3.01. The maximum Gasteiger partial charge on any atom is 0.276 e. The molecule has 1 amide bonds. The Bertz CT molecular complexity index is 548. The summed E-state index contributed by atoms with van der Waals surface area (Å²) in [5.74, 6) is 0.466. The highest BCUT2D eigenvalue weighted by atomic mass is 16.6. The summed E-state index contributed by atoms with van der Waals surface area (Å²) in [6.07, 6.45) is 0.950. The summed E-state index contributed by atoms with van der Waals surface area (Å²) in [4.78, 5) is 17.4. The van der Waals surface area contributed by atoms with Crippen LogP contribution in [0.1, 0.15) is 65.2 Å². The van der Waals surface area contributed by atoms with E-state index < -0.39 is 0 Å². The van der Waals surface area contributed by atoms with Crippen LogP contribution in [-0.2, 0) is 4.84 Å². The third kappa shape index (κ3) is 6.79. The lowest BCUT2D eigenvalue weighted by Crippen LogP contribution is -2.36. The summed E-state index contributed by atoms with van der Waals surface area (Å²) in [6.45, 7) is 15.6. The number of anilines is 1. The molecule has 0 fully saturated rings. The van der Waals surface area contributed by atoms with Gasteiger partial charge < -0.3 is 10.1 Å². The van der Waals surface area contributed by atoms with E-state index in [0.717, 1.165) is 17.9 Å². The Morgan fingerprint density at radius 2 is 1.75 bits per heavy atom.